The van der Waals surface area contributed by atoms with Crippen LogP contribution in [0.3, 0.4) is 0 Å². The number of hydrazine groups is 1. The lowest BCUT2D eigenvalue weighted by atomic mass is 10.1. The number of amides is 1. The fraction of sp³-hybridized carbons (Fsp3) is 0.261. The molecule has 1 saturated heterocycles. The van der Waals surface area contributed by atoms with Crippen LogP contribution < -0.4 is 20.7 Å². The predicted octanol–water partition coefficient (Wildman–Crippen LogP) is 2.99. The van der Waals surface area contributed by atoms with Gasteiger partial charge in [0.1, 0.15) is 6.33 Å². The molecule has 1 aromatic heterocycles. The van der Waals surface area contributed by atoms with Crippen LogP contribution in [0.5, 0.6) is 0 Å². The Morgan fingerprint density at radius 1 is 0.944 bits per heavy atom. The molecule has 1 fully saturated rings. The molecule has 2 heterocycles. The first kappa shape index (κ1) is 24.3. The van der Waals surface area contributed by atoms with Gasteiger partial charge in [0.2, 0.25) is 11.6 Å². The highest BCUT2D eigenvalue weighted by Gasteiger charge is 2.30. The van der Waals surface area contributed by atoms with E-state index in [1.807, 2.05) is 11.0 Å². The van der Waals surface area contributed by atoms with Crippen molar-refractivity contribution >= 4 is 34.6 Å². The first-order chi connectivity index (χ1) is 17.3. The molecule has 36 heavy (non-hydrogen) atoms. The topological polar surface area (TPSA) is 160 Å². The zero-order valence-corrected chi connectivity index (χ0v) is 19.7. The van der Waals surface area contributed by atoms with Crippen LogP contribution in [0.2, 0.25) is 0 Å². The van der Waals surface area contributed by atoms with Gasteiger partial charge in [-0.3, -0.25) is 35.9 Å². The highest BCUT2D eigenvalue weighted by atomic mass is 16.6. The molecule has 186 valence electrons. The fourth-order valence-electron chi connectivity index (χ4n) is 4.05. The van der Waals surface area contributed by atoms with Crippen molar-refractivity contribution in [3.63, 3.8) is 0 Å². The van der Waals surface area contributed by atoms with Crippen molar-refractivity contribution in [3.05, 3.63) is 85.7 Å². The molecule has 0 bridgehead atoms. The molecule has 13 nitrogen and oxygen atoms in total. The zero-order valence-electron chi connectivity index (χ0n) is 19.7. The van der Waals surface area contributed by atoms with E-state index in [1.165, 1.54) is 35.7 Å². The number of benzene rings is 2. The Balaban J connectivity index is 1.49. The van der Waals surface area contributed by atoms with E-state index < -0.39 is 15.8 Å². The third-order valence-electron chi connectivity index (χ3n) is 6.10. The molecule has 0 aliphatic carbocycles. The number of hydrogen-bond acceptors (Lipinski definition) is 10. The first-order valence-corrected chi connectivity index (χ1v) is 11.1. The minimum atomic E-state index is -0.713. The van der Waals surface area contributed by atoms with E-state index in [2.05, 4.69) is 51.7 Å². The largest absolute Gasteiger partial charge is 0.368 e. The van der Waals surface area contributed by atoms with E-state index >= 15 is 0 Å². The van der Waals surface area contributed by atoms with Crippen LogP contribution in [0.15, 0.2) is 48.8 Å². The van der Waals surface area contributed by atoms with Gasteiger partial charge in [-0.1, -0.05) is 18.2 Å². The maximum atomic E-state index is 12.5. The Morgan fingerprint density at radius 3 is 2.33 bits per heavy atom. The monoisotopic (exact) mass is 492 g/mol. The molecular formula is C23H24N8O5. The van der Waals surface area contributed by atoms with Crippen molar-refractivity contribution in [3.8, 4) is 0 Å². The number of nitro groups is 2. The summed E-state index contributed by atoms with van der Waals surface area (Å²) in [7, 11) is 0. The van der Waals surface area contributed by atoms with Gasteiger partial charge in [-0.25, -0.2) is 9.97 Å². The van der Waals surface area contributed by atoms with Gasteiger partial charge in [0.25, 0.3) is 11.6 Å². The van der Waals surface area contributed by atoms with Crippen molar-refractivity contribution in [1.82, 2.24) is 15.4 Å². The molecule has 0 unspecified atom stereocenters. The van der Waals surface area contributed by atoms with Gasteiger partial charge in [0.05, 0.1) is 9.85 Å². The summed E-state index contributed by atoms with van der Waals surface area (Å²) in [5.74, 6) is -0.765. The second-order valence-electron chi connectivity index (χ2n) is 8.23. The number of aromatic nitrogens is 2. The van der Waals surface area contributed by atoms with Crippen LogP contribution >= 0.6 is 0 Å². The maximum Gasteiger partial charge on any atom is 0.355 e. The molecule has 3 aromatic rings. The third kappa shape index (κ3) is 4.99. The zero-order chi connectivity index (χ0) is 25.8. The van der Waals surface area contributed by atoms with Crippen molar-refractivity contribution in [2.75, 3.05) is 41.4 Å². The molecule has 13 heteroatoms. The molecule has 2 aromatic carbocycles. The number of anilines is 3. The second kappa shape index (κ2) is 10.2. The summed E-state index contributed by atoms with van der Waals surface area (Å²) >= 11 is 0. The van der Waals surface area contributed by atoms with Crippen LogP contribution in [0.1, 0.15) is 21.5 Å². The average Bonchev–Trinajstić information content (AvgIpc) is 2.88. The fourth-order valence-corrected chi connectivity index (χ4v) is 4.05. The van der Waals surface area contributed by atoms with E-state index in [1.54, 1.807) is 0 Å². The summed E-state index contributed by atoms with van der Waals surface area (Å²) in [6, 6.07) is 11.3. The molecule has 1 aliphatic rings. The summed E-state index contributed by atoms with van der Waals surface area (Å²) in [4.78, 5) is 46.3. The van der Waals surface area contributed by atoms with Crippen molar-refractivity contribution in [2.45, 2.75) is 13.8 Å². The smallest absolute Gasteiger partial charge is 0.355 e. The molecule has 0 saturated carbocycles. The predicted molar refractivity (Wildman–Crippen MR) is 133 cm³/mol. The van der Waals surface area contributed by atoms with Gasteiger partial charge in [0.15, 0.2) is 0 Å². The van der Waals surface area contributed by atoms with Gasteiger partial charge < -0.3 is 9.80 Å². The van der Waals surface area contributed by atoms with Crippen LogP contribution in [-0.2, 0) is 0 Å². The summed E-state index contributed by atoms with van der Waals surface area (Å²) in [5.41, 5.74) is 7.70. The van der Waals surface area contributed by atoms with Crippen LogP contribution in [0.25, 0.3) is 0 Å². The number of non-ortho nitro benzene ring substituents is 1. The first-order valence-electron chi connectivity index (χ1n) is 11.1. The molecule has 1 amide bonds. The average molecular weight is 492 g/mol. The molecule has 0 atom stereocenters. The Hall–Kier alpha value is -4.81. The lowest BCUT2D eigenvalue weighted by molar-refractivity contribution is -0.384. The lowest BCUT2D eigenvalue weighted by Gasteiger charge is -2.37. The van der Waals surface area contributed by atoms with Gasteiger partial charge in [-0.2, -0.15) is 0 Å². The number of aryl methyl sites for hydroxylation is 1. The number of nitrogens with one attached hydrogen (secondary N) is 2. The number of rotatable bonds is 7. The Morgan fingerprint density at radius 2 is 1.64 bits per heavy atom. The van der Waals surface area contributed by atoms with Gasteiger partial charge >= 0.3 is 5.69 Å². The maximum absolute atomic E-state index is 12.5. The molecule has 0 radical (unpaired) electrons. The van der Waals surface area contributed by atoms with E-state index in [0.717, 1.165) is 11.8 Å². The summed E-state index contributed by atoms with van der Waals surface area (Å²) < 4.78 is 0. The molecule has 2 N–H and O–H groups in total. The van der Waals surface area contributed by atoms with Crippen LogP contribution in [0, 0.1) is 34.1 Å². The minimum Gasteiger partial charge on any atom is -0.368 e. The van der Waals surface area contributed by atoms with Gasteiger partial charge in [-0.15, -0.1) is 0 Å². The van der Waals surface area contributed by atoms with Crippen molar-refractivity contribution in [2.24, 2.45) is 0 Å². The molecule has 1 aliphatic heterocycles. The number of nitro benzene ring substituents is 1. The Kier molecular flexibility index (Phi) is 6.90. The van der Waals surface area contributed by atoms with E-state index in [-0.39, 0.29) is 28.6 Å². The SMILES string of the molecule is Cc1cccc(N2CCN(c3ncnc(NNC(=O)c4cccc([N+](=O)[O-])c4)c3[N+](=O)[O-])CC2)c1C. The number of piperazine rings is 1. The highest BCUT2D eigenvalue weighted by Crippen LogP contribution is 2.33. The lowest BCUT2D eigenvalue weighted by Crippen LogP contribution is -2.47. The molecule has 0 spiro atoms. The minimum absolute atomic E-state index is 0.0104. The highest BCUT2D eigenvalue weighted by molar-refractivity contribution is 5.95. The van der Waals surface area contributed by atoms with Crippen molar-refractivity contribution in [1.29, 1.82) is 0 Å². The van der Waals surface area contributed by atoms with Crippen molar-refractivity contribution < 1.29 is 14.6 Å². The Bertz CT molecular complexity index is 1320. The normalized spacial score (nSPS) is 13.3. The van der Waals surface area contributed by atoms with Gasteiger partial charge in [0, 0.05) is 49.6 Å². The van der Waals surface area contributed by atoms with E-state index in [0.29, 0.717) is 26.2 Å². The Labute approximate surface area is 206 Å². The van der Waals surface area contributed by atoms with E-state index in [9.17, 15) is 25.0 Å². The number of nitrogens with zero attached hydrogens (tertiary/aromatic N) is 6. The summed E-state index contributed by atoms with van der Waals surface area (Å²) in [6.45, 7) is 6.45. The third-order valence-corrected chi connectivity index (χ3v) is 6.10. The number of hydrogen-bond donors (Lipinski definition) is 2. The standard InChI is InChI=1S/C23H24N8O5/c1-15-5-3-8-19(16(15)2)28-9-11-29(12-10-28)22-20(31(35)36)21(24-14-25-22)26-27-23(32)17-6-4-7-18(13-17)30(33)34/h3-8,13-14H,9-12H2,1-2H3,(H,27,32)(H,24,25,26). The molecule has 4 rings (SSSR count). The number of carbonyl (C=O) groups is 1. The quantitative estimate of drug-likeness (QED) is 0.371. The van der Waals surface area contributed by atoms with Crippen LogP contribution in [0.4, 0.5) is 28.7 Å². The molecular weight excluding hydrogens is 468 g/mol. The number of carbonyl (C=O) groups excluding carboxylic acids is 1. The second-order valence-corrected chi connectivity index (χ2v) is 8.23. The van der Waals surface area contributed by atoms with E-state index in [4.69, 9.17) is 0 Å². The van der Waals surface area contributed by atoms with Gasteiger partial charge in [-0.05, 0) is 37.1 Å². The summed E-state index contributed by atoms with van der Waals surface area (Å²) in [5, 5.41) is 22.9. The van der Waals surface area contributed by atoms with Crippen LogP contribution in [-0.4, -0.2) is 51.9 Å². The summed E-state index contributed by atoms with van der Waals surface area (Å²) in [6.07, 6.45) is 1.18.